The molecular weight excluding hydrogens is 478 g/mol. The topological polar surface area (TPSA) is 69.6 Å². The zero-order valence-corrected chi connectivity index (χ0v) is 21.1. The minimum Gasteiger partial charge on any atom is -0.398 e. The highest BCUT2D eigenvalue weighted by atomic mass is 15.1. The quantitative estimate of drug-likeness (QED) is 0.255. The summed E-state index contributed by atoms with van der Waals surface area (Å²) >= 11 is 0. The van der Waals surface area contributed by atoms with Crippen molar-refractivity contribution < 1.29 is 0 Å². The van der Waals surface area contributed by atoms with Gasteiger partial charge in [0.2, 0.25) is 0 Å². The summed E-state index contributed by atoms with van der Waals surface area (Å²) in [5.74, 6) is 0. The van der Waals surface area contributed by atoms with Gasteiger partial charge in [-0.2, -0.15) is 0 Å². The number of hydrogen-bond donors (Lipinski definition) is 1. The SMILES string of the molecule is Nc1ccncc1-c1ccc2c3cnccc3n(C(c3ccccc3)(c3ccccc3)c3ccccc3)c2n1. The largest absolute Gasteiger partial charge is 0.398 e. The van der Waals surface area contributed by atoms with E-state index in [4.69, 9.17) is 10.7 Å². The minimum absolute atomic E-state index is 0.640. The highest BCUT2D eigenvalue weighted by molar-refractivity contribution is 6.07. The Labute approximate surface area is 226 Å². The molecule has 0 bridgehead atoms. The van der Waals surface area contributed by atoms with Crippen molar-refractivity contribution in [3.63, 3.8) is 0 Å². The second kappa shape index (κ2) is 9.23. The first-order valence-corrected chi connectivity index (χ1v) is 12.9. The highest BCUT2D eigenvalue weighted by Gasteiger charge is 2.41. The van der Waals surface area contributed by atoms with Crippen LogP contribution in [-0.2, 0) is 5.54 Å². The van der Waals surface area contributed by atoms with Crippen molar-refractivity contribution in [2.24, 2.45) is 0 Å². The van der Waals surface area contributed by atoms with E-state index in [0.717, 1.165) is 49.9 Å². The molecule has 7 rings (SSSR count). The average molecular weight is 504 g/mol. The van der Waals surface area contributed by atoms with Crippen molar-refractivity contribution in [2.75, 3.05) is 5.73 Å². The van der Waals surface area contributed by atoms with Crippen LogP contribution in [0.1, 0.15) is 16.7 Å². The van der Waals surface area contributed by atoms with Crippen molar-refractivity contribution in [3.8, 4) is 11.3 Å². The summed E-state index contributed by atoms with van der Waals surface area (Å²) in [6.07, 6.45) is 7.26. The molecule has 0 unspecified atom stereocenters. The molecule has 7 aromatic rings. The van der Waals surface area contributed by atoms with Crippen LogP contribution in [0.25, 0.3) is 33.2 Å². The van der Waals surface area contributed by atoms with Gasteiger partial charge in [-0.1, -0.05) is 91.0 Å². The zero-order chi connectivity index (χ0) is 26.2. The van der Waals surface area contributed by atoms with Crippen LogP contribution in [0.5, 0.6) is 0 Å². The van der Waals surface area contributed by atoms with Gasteiger partial charge in [-0.15, -0.1) is 0 Å². The lowest BCUT2D eigenvalue weighted by Crippen LogP contribution is -2.37. The second-order valence-corrected chi connectivity index (χ2v) is 9.57. The Hall–Kier alpha value is -5.29. The van der Waals surface area contributed by atoms with E-state index >= 15 is 0 Å². The predicted molar refractivity (Wildman–Crippen MR) is 157 cm³/mol. The van der Waals surface area contributed by atoms with Gasteiger partial charge in [0.1, 0.15) is 11.2 Å². The molecule has 4 heterocycles. The lowest BCUT2D eigenvalue weighted by molar-refractivity contribution is 0.546. The van der Waals surface area contributed by atoms with Crippen LogP contribution in [0.2, 0.25) is 0 Å². The molecule has 2 N–H and O–H groups in total. The zero-order valence-electron chi connectivity index (χ0n) is 21.1. The smallest absolute Gasteiger partial charge is 0.143 e. The number of nitrogen functional groups attached to an aromatic ring is 1. The van der Waals surface area contributed by atoms with E-state index in [1.165, 1.54) is 0 Å². The van der Waals surface area contributed by atoms with Crippen molar-refractivity contribution in [3.05, 3.63) is 157 Å². The van der Waals surface area contributed by atoms with E-state index < -0.39 is 5.54 Å². The lowest BCUT2D eigenvalue weighted by Gasteiger charge is -2.38. The van der Waals surface area contributed by atoms with Gasteiger partial charge in [0.15, 0.2) is 0 Å². The van der Waals surface area contributed by atoms with E-state index in [1.807, 2.05) is 24.5 Å². The number of rotatable bonds is 5. The Bertz CT molecular complexity index is 1820. The first-order valence-electron chi connectivity index (χ1n) is 12.9. The summed E-state index contributed by atoms with van der Waals surface area (Å²) in [5.41, 5.74) is 13.1. The van der Waals surface area contributed by atoms with Crippen LogP contribution in [0, 0.1) is 0 Å². The monoisotopic (exact) mass is 503 g/mol. The van der Waals surface area contributed by atoms with E-state index in [2.05, 4.69) is 118 Å². The summed E-state index contributed by atoms with van der Waals surface area (Å²) < 4.78 is 2.37. The summed E-state index contributed by atoms with van der Waals surface area (Å²) in [5, 5.41) is 2.06. The molecule has 0 saturated carbocycles. The van der Waals surface area contributed by atoms with Gasteiger partial charge in [0.25, 0.3) is 0 Å². The molecule has 4 aromatic heterocycles. The molecule has 0 aliphatic heterocycles. The summed E-state index contributed by atoms with van der Waals surface area (Å²) in [4.78, 5) is 14.1. The third kappa shape index (κ3) is 3.51. The molecule has 0 spiro atoms. The number of anilines is 1. The maximum atomic E-state index is 6.37. The molecule has 0 atom stereocenters. The number of nitrogens with two attached hydrogens (primary N) is 1. The van der Waals surface area contributed by atoms with E-state index in [-0.39, 0.29) is 0 Å². The van der Waals surface area contributed by atoms with Gasteiger partial charge in [0.05, 0.1) is 11.2 Å². The van der Waals surface area contributed by atoms with Crippen LogP contribution in [0.3, 0.4) is 0 Å². The normalized spacial score (nSPS) is 11.7. The van der Waals surface area contributed by atoms with E-state index in [0.29, 0.717) is 5.69 Å². The molecule has 39 heavy (non-hydrogen) atoms. The molecule has 0 fully saturated rings. The van der Waals surface area contributed by atoms with E-state index in [1.54, 1.807) is 12.4 Å². The molecule has 5 nitrogen and oxygen atoms in total. The first-order chi connectivity index (χ1) is 19.3. The molecule has 0 saturated heterocycles. The molecule has 186 valence electrons. The number of benzene rings is 3. The van der Waals surface area contributed by atoms with Crippen molar-refractivity contribution in [1.82, 2.24) is 19.5 Å². The van der Waals surface area contributed by atoms with Crippen LogP contribution in [-0.4, -0.2) is 19.5 Å². The standard InChI is InChI=1S/C34H25N5/c35-30-18-20-36-23-29(30)31-17-16-27-28-22-37-21-19-32(28)39(33(27)38-31)34(24-10-4-1-5-11-24,25-12-6-2-7-13-25)26-14-8-3-9-15-26/h1-23H,(H2,35,36). The van der Waals surface area contributed by atoms with Crippen LogP contribution in [0.15, 0.2) is 140 Å². The van der Waals surface area contributed by atoms with Crippen molar-refractivity contribution in [1.29, 1.82) is 0 Å². The highest BCUT2D eigenvalue weighted by Crippen LogP contribution is 2.46. The first kappa shape index (κ1) is 22.9. The Balaban J connectivity index is 1.70. The average Bonchev–Trinajstić information content (AvgIpc) is 3.34. The fourth-order valence-electron chi connectivity index (χ4n) is 5.77. The Morgan fingerprint density at radius 1 is 0.564 bits per heavy atom. The third-order valence-corrected chi connectivity index (χ3v) is 7.46. The van der Waals surface area contributed by atoms with Gasteiger partial charge >= 0.3 is 0 Å². The molecular formula is C34H25N5. The maximum Gasteiger partial charge on any atom is 0.143 e. The van der Waals surface area contributed by atoms with Gasteiger partial charge in [0, 0.05) is 46.8 Å². The number of fused-ring (bicyclic) bond motifs is 3. The van der Waals surface area contributed by atoms with Gasteiger partial charge in [-0.3, -0.25) is 9.97 Å². The van der Waals surface area contributed by atoms with Gasteiger partial charge in [-0.05, 0) is 41.0 Å². The van der Waals surface area contributed by atoms with Crippen LogP contribution in [0.4, 0.5) is 5.69 Å². The lowest BCUT2D eigenvalue weighted by atomic mass is 9.76. The Morgan fingerprint density at radius 3 is 1.72 bits per heavy atom. The minimum atomic E-state index is -0.725. The summed E-state index contributed by atoms with van der Waals surface area (Å²) in [6.45, 7) is 0. The molecule has 3 aromatic carbocycles. The predicted octanol–water partition coefficient (Wildman–Crippen LogP) is 7.07. The Morgan fingerprint density at radius 2 is 1.13 bits per heavy atom. The maximum absolute atomic E-state index is 6.37. The molecule has 5 heteroatoms. The van der Waals surface area contributed by atoms with Crippen molar-refractivity contribution >= 4 is 27.6 Å². The van der Waals surface area contributed by atoms with Crippen LogP contribution >= 0.6 is 0 Å². The number of aromatic nitrogens is 4. The van der Waals surface area contributed by atoms with Crippen LogP contribution < -0.4 is 5.73 Å². The summed E-state index contributed by atoms with van der Waals surface area (Å²) in [7, 11) is 0. The fraction of sp³-hybridized carbons (Fsp3) is 0.0294. The second-order valence-electron chi connectivity index (χ2n) is 9.57. The molecule has 0 radical (unpaired) electrons. The fourth-order valence-corrected chi connectivity index (χ4v) is 5.77. The number of pyridine rings is 3. The summed E-state index contributed by atoms with van der Waals surface area (Å²) in [6, 6.07) is 40.0. The number of nitrogens with zero attached hydrogens (tertiary/aromatic N) is 4. The molecule has 0 aliphatic carbocycles. The van der Waals surface area contributed by atoms with Gasteiger partial charge in [-0.25, -0.2) is 4.98 Å². The Kier molecular flexibility index (Phi) is 5.41. The molecule has 0 amide bonds. The number of hydrogen-bond acceptors (Lipinski definition) is 4. The van der Waals surface area contributed by atoms with Crippen molar-refractivity contribution in [2.45, 2.75) is 5.54 Å². The van der Waals surface area contributed by atoms with E-state index in [9.17, 15) is 0 Å². The third-order valence-electron chi connectivity index (χ3n) is 7.46. The van der Waals surface area contributed by atoms with Gasteiger partial charge < -0.3 is 10.3 Å². The molecule has 0 aliphatic rings.